The number of nitrogens with one attached hydrogen (secondary N) is 1. The molecule has 0 atom stereocenters. The second kappa shape index (κ2) is 6.63. The van der Waals surface area contributed by atoms with Gasteiger partial charge in [0.1, 0.15) is 16.5 Å². The monoisotopic (exact) mass is 338 g/mol. The normalized spacial score (nSPS) is 11.7. The number of nitrogens with zero attached hydrogens (tertiary/aromatic N) is 5. The van der Waals surface area contributed by atoms with Crippen molar-refractivity contribution in [1.29, 1.82) is 0 Å². The molecule has 0 amide bonds. The molecule has 126 valence electrons. The van der Waals surface area contributed by atoms with Gasteiger partial charge in [-0.15, -0.1) is 0 Å². The summed E-state index contributed by atoms with van der Waals surface area (Å²) >= 11 is 0. The first-order valence-corrected chi connectivity index (χ1v) is 8.77. The van der Waals surface area contributed by atoms with Crippen molar-refractivity contribution in [2.75, 3.05) is 19.0 Å². The highest BCUT2D eigenvalue weighted by atomic mass is 32.2. The fraction of sp³-hybridized carbons (Fsp3) is 0.500. The second-order valence-electron chi connectivity index (χ2n) is 5.37. The summed E-state index contributed by atoms with van der Waals surface area (Å²) in [5.41, 5.74) is 1.11. The van der Waals surface area contributed by atoms with Gasteiger partial charge in [0.15, 0.2) is 0 Å². The van der Waals surface area contributed by atoms with Gasteiger partial charge in [-0.3, -0.25) is 4.68 Å². The van der Waals surface area contributed by atoms with E-state index in [0.717, 1.165) is 5.82 Å². The average molecular weight is 338 g/mol. The zero-order valence-corrected chi connectivity index (χ0v) is 14.8. The smallest absolute Gasteiger partial charge is 0.244 e. The van der Waals surface area contributed by atoms with E-state index in [2.05, 4.69) is 19.8 Å². The number of hydrogen-bond acceptors (Lipinski definition) is 6. The number of aromatic nitrogens is 4. The van der Waals surface area contributed by atoms with Crippen LogP contribution in [0.25, 0.3) is 0 Å². The van der Waals surface area contributed by atoms with Crippen molar-refractivity contribution < 1.29 is 8.42 Å². The van der Waals surface area contributed by atoms with Crippen LogP contribution in [0.5, 0.6) is 0 Å². The van der Waals surface area contributed by atoms with Crippen LogP contribution in [0.1, 0.15) is 24.1 Å². The first-order valence-electron chi connectivity index (χ1n) is 7.29. The van der Waals surface area contributed by atoms with E-state index in [0.29, 0.717) is 23.8 Å². The molecule has 2 aromatic heterocycles. The van der Waals surface area contributed by atoms with Gasteiger partial charge in [-0.25, -0.2) is 23.1 Å². The number of sulfonamides is 1. The lowest BCUT2D eigenvalue weighted by atomic mass is 10.4. The Morgan fingerprint density at radius 2 is 2.00 bits per heavy atom. The number of aryl methyl sites for hydroxylation is 2. The lowest BCUT2D eigenvalue weighted by Crippen LogP contribution is -2.25. The Bertz CT molecular complexity index is 798. The Morgan fingerprint density at radius 3 is 2.57 bits per heavy atom. The largest absolute Gasteiger partial charge is 0.363 e. The minimum atomic E-state index is -3.67. The Labute approximate surface area is 136 Å². The van der Waals surface area contributed by atoms with Crippen molar-refractivity contribution in [2.24, 2.45) is 0 Å². The molecule has 0 bridgehead atoms. The molecule has 2 heterocycles. The van der Waals surface area contributed by atoms with E-state index >= 15 is 0 Å². The maximum atomic E-state index is 12.6. The van der Waals surface area contributed by atoms with E-state index in [1.54, 1.807) is 30.8 Å². The number of rotatable bonds is 6. The molecule has 0 unspecified atom stereocenters. The molecule has 0 aliphatic heterocycles. The van der Waals surface area contributed by atoms with Gasteiger partial charge in [0.2, 0.25) is 10.0 Å². The van der Waals surface area contributed by atoms with E-state index in [9.17, 15) is 8.42 Å². The number of hydrogen-bond donors (Lipinski definition) is 1. The molecule has 0 saturated carbocycles. The van der Waals surface area contributed by atoms with E-state index < -0.39 is 10.0 Å². The van der Waals surface area contributed by atoms with E-state index in [1.807, 2.05) is 25.9 Å². The topological polar surface area (TPSA) is 93.0 Å². The summed E-state index contributed by atoms with van der Waals surface area (Å²) in [6, 6.07) is 1.76. The van der Waals surface area contributed by atoms with Gasteiger partial charge in [-0.1, -0.05) is 0 Å². The van der Waals surface area contributed by atoms with Crippen molar-refractivity contribution in [3.8, 4) is 0 Å². The first kappa shape index (κ1) is 17.4. The van der Waals surface area contributed by atoms with E-state index in [-0.39, 0.29) is 11.4 Å². The molecule has 9 heteroatoms. The molecule has 1 N–H and O–H groups in total. The van der Waals surface area contributed by atoms with Gasteiger partial charge in [-0.05, 0) is 26.8 Å². The minimum absolute atomic E-state index is 0.0280. The summed E-state index contributed by atoms with van der Waals surface area (Å²) in [6.07, 6.45) is 1.61. The quantitative estimate of drug-likeness (QED) is 0.839. The van der Waals surface area contributed by atoms with Gasteiger partial charge in [0, 0.05) is 26.8 Å². The summed E-state index contributed by atoms with van der Waals surface area (Å²) in [5.74, 6) is 1.14. The van der Waals surface area contributed by atoms with Crippen LogP contribution in [-0.2, 0) is 23.1 Å². The molecule has 2 rings (SSSR count). The standard InChI is InChI=1S/C14H22N6O2S/c1-6-20-11(3)14(10(2)18-20)23(21,22)16-9-12-15-8-7-13(17-12)19(4)5/h7-8,16H,6,9H2,1-5H3. The minimum Gasteiger partial charge on any atom is -0.363 e. The Hall–Kier alpha value is -2.00. The van der Waals surface area contributed by atoms with Crippen LogP contribution in [0, 0.1) is 13.8 Å². The third-order valence-electron chi connectivity index (χ3n) is 3.45. The van der Waals surface area contributed by atoms with Crippen LogP contribution >= 0.6 is 0 Å². The zero-order chi connectivity index (χ0) is 17.2. The van der Waals surface area contributed by atoms with Crippen LogP contribution in [0.3, 0.4) is 0 Å². The molecule has 0 fully saturated rings. The third-order valence-corrected chi connectivity index (χ3v) is 5.11. The van der Waals surface area contributed by atoms with Crippen LogP contribution in [0.4, 0.5) is 5.82 Å². The predicted octanol–water partition coefficient (Wildman–Crippen LogP) is 0.854. The Kier molecular flexibility index (Phi) is 5.00. The molecule has 23 heavy (non-hydrogen) atoms. The van der Waals surface area contributed by atoms with Gasteiger partial charge < -0.3 is 4.90 Å². The molecule has 0 saturated heterocycles. The van der Waals surface area contributed by atoms with Gasteiger partial charge >= 0.3 is 0 Å². The molecule has 0 aliphatic rings. The molecular formula is C14H22N6O2S. The summed E-state index contributed by atoms with van der Waals surface area (Å²) in [7, 11) is 0.0574. The summed E-state index contributed by atoms with van der Waals surface area (Å²) in [4.78, 5) is 10.5. The third kappa shape index (κ3) is 3.67. The predicted molar refractivity (Wildman–Crippen MR) is 87.8 cm³/mol. The molecule has 8 nitrogen and oxygen atoms in total. The Balaban J connectivity index is 2.23. The van der Waals surface area contributed by atoms with Crippen LogP contribution in [-0.4, -0.2) is 42.3 Å². The molecule has 0 aliphatic carbocycles. The Morgan fingerprint density at radius 1 is 1.30 bits per heavy atom. The number of anilines is 1. The van der Waals surface area contributed by atoms with Crippen LogP contribution in [0.15, 0.2) is 17.2 Å². The van der Waals surface area contributed by atoms with Gasteiger partial charge in [-0.2, -0.15) is 5.10 Å². The molecule has 0 spiro atoms. The van der Waals surface area contributed by atoms with E-state index in [1.165, 1.54) is 0 Å². The second-order valence-corrected chi connectivity index (χ2v) is 7.07. The summed E-state index contributed by atoms with van der Waals surface area (Å²) in [6.45, 7) is 6.01. The summed E-state index contributed by atoms with van der Waals surface area (Å²) in [5, 5.41) is 4.25. The molecule has 2 aromatic rings. The van der Waals surface area contributed by atoms with Crippen LogP contribution < -0.4 is 9.62 Å². The van der Waals surface area contributed by atoms with Gasteiger partial charge in [0.05, 0.1) is 17.9 Å². The SMILES string of the molecule is CCn1nc(C)c(S(=O)(=O)NCc2nccc(N(C)C)n2)c1C. The van der Waals surface area contributed by atoms with Gasteiger partial charge in [0.25, 0.3) is 0 Å². The fourth-order valence-electron chi connectivity index (χ4n) is 2.33. The highest BCUT2D eigenvalue weighted by molar-refractivity contribution is 7.89. The van der Waals surface area contributed by atoms with E-state index in [4.69, 9.17) is 0 Å². The van der Waals surface area contributed by atoms with Crippen molar-refractivity contribution in [3.63, 3.8) is 0 Å². The molecular weight excluding hydrogens is 316 g/mol. The maximum absolute atomic E-state index is 12.6. The maximum Gasteiger partial charge on any atom is 0.244 e. The van der Waals surface area contributed by atoms with Crippen LogP contribution in [0.2, 0.25) is 0 Å². The average Bonchev–Trinajstić information content (AvgIpc) is 2.80. The summed E-state index contributed by atoms with van der Waals surface area (Å²) < 4.78 is 29.4. The zero-order valence-electron chi connectivity index (χ0n) is 14.0. The highest BCUT2D eigenvalue weighted by Gasteiger charge is 2.24. The van der Waals surface area contributed by atoms with Crippen molar-refractivity contribution >= 4 is 15.8 Å². The highest BCUT2D eigenvalue weighted by Crippen LogP contribution is 2.19. The lowest BCUT2D eigenvalue weighted by Gasteiger charge is -2.12. The van der Waals surface area contributed by atoms with Crippen molar-refractivity contribution in [3.05, 3.63) is 29.5 Å². The van der Waals surface area contributed by atoms with Crippen molar-refractivity contribution in [1.82, 2.24) is 24.5 Å². The lowest BCUT2D eigenvalue weighted by molar-refractivity contribution is 0.576. The first-order chi connectivity index (χ1) is 10.8. The molecule has 0 aromatic carbocycles. The molecule has 0 radical (unpaired) electrons. The fourth-order valence-corrected chi connectivity index (χ4v) is 3.72. The van der Waals surface area contributed by atoms with Crippen molar-refractivity contribution in [2.45, 2.75) is 38.8 Å².